The van der Waals surface area contributed by atoms with Gasteiger partial charge in [0.15, 0.2) is 0 Å². The van der Waals surface area contributed by atoms with Crippen molar-refractivity contribution in [1.82, 2.24) is 20.2 Å². The van der Waals surface area contributed by atoms with Gasteiger partial charge >= 0.3 is 0 Å². The van der Waals surface area contributed by atoms with E-state index in [1.54, 1.807) is 18.6 Å². The van der Waals surface area contributed by atoms with Crippen LogP contribution in [0.3, 0.4) is 0 Å². The van der Waals surface area contributed by atoms with Crippen LogP contribution in [0.25, 0.3) is 0 Å². The fourth-order valence-corrected chi connectivity index (χ4v) is 3.59. The largest absolute Gasteiger partial charge is 0.339 e. The van der Waals surface area contributed by atoms with Crippen molar-refractivity contribution in [2.75, 3.05) is 25.0 Å². The van der Waals surface area contributed by atoms with Crippen LogP contribution in [0.15, 0.2) is 67.1 Å². The van der Waals surface area contributed by atoms with Crippen molar-refractivity contribution in [3.63, 3.8) is 0 Å². The molecule has 2 aromatic carbocycles. The van der Waals surface area contributed by atoms with E-state index < -0.39 is 0 Å². The van der Waals surface area contributed by atoms with E-state index in [0.29, 0.717) is 29.5 Å². The number of carbonyl (C=O) groups excluding carboxylic acids is 1. The number of aromatic nitrogens is 2. The second-order valence-corrected chi connectivity index (χ2v) is 6.98. The molecule has 1 atom stereocenters. The molecule has 4 rings (SSSR count). The van der Waals surface area contributed by atoms with Gasteiger partial charge in [-0.2, -0.15) is 0 Å². The smallest absolute Gasteiger partial charge is 0.254 e. The maximum atomic E-state index is 13.1. The zero-order valence-corrected chi connectivity index (χ0v) is 15.9. The molecule has 0 bridgehead atoms. The van der Waals surface area contributed by atoms with Gasteiger partial charge in [0.25, 0.3) is 5.91 Å². The van der Waals surface area contributed by atoms with Gasteiger partial charge in [0.2, 0.25) is 0 Å². The molecule has 6 nitrogen and oxygen atoms in total. The summed E-state index contributed by atoms with van der Waals surface area (Å²) in [4.78, 5) is 23.2. The maximum absolute atomic E-state index is 13.1. The molecule has 0 saturated carbocycles. The van der Waals surface area contributed by atoms with Gasteiger partial charge in [0, 0.05) is 48.3 Å². The Labute approximate surface area is 168 Å². The molecule has 0 radical (unpaired) electrons. The predicted molar refractivity (Wildman–Crippen MR) is 110 cm³/mol. The normalized spacial score (nSPS) is 16.6. The summed E-state index contributed by atoms with van der Waals surface area (Å²) in [5, 5.41) is 7.33. The number of anilines is 2. The Morgan fingerprint density at radius 3 is 2.89 bits per heavy atom. The molecule has 7 heteroatoms. The molecule has 1 aliphatic rings. The van der Waals surface area contributed by atoms with Gasteiger partial charge in [-0.05, 0) is 29.8 Å². The molecule has 142 valence electrons. The van der Waals surface area contributed by atoms with Crippen molar-refractivity contribution in [2.24, 2.45) is 0 Å². The summed E-state index contributed by atoms with van der Waals surface area (Å²) in [6, 6.07) is 15.2. The highest BCUT2D eigenvalue weighted by Crippen LogP contribution is 2.26. The summed E-state index contributed by atoms with van der Waals surface area (Å²) in [5.74, 6) is 0.634. The summed E-state index contributed by atoms with van der Waals surface area (Å²) >= 11 is 6.34. The standard InChI is InChI=1S/C21H20ClN5O/c22-18-7-2-1-6-17(18)19-14-27(11-10-24-19)21(28)15-4-3-5-16(12-15)26-20-13-23-8-9-25-20/h1-9,12-13,19,24H,10-11,14H2,(H,25,26)/t19-/m0/s1. The van der Waals surface area contributed by atoms with Crippen LogP contribution >= 0.6 is 11.6 Å². The Morgan fingerprint density at radius 2 is 2.07 bits per heavy atom. The molecule has 1 amide bonds. The summed E-state index contributed by atoms with van der Waals surface area (Å²) in [5.41, 5.74) is 2.44. The topological polar surface area (TPSA) is 70.2 Å². The van der Waals surface area contributed by atoms with Crippen molar-refractivity contribution in [3.8, 4) is 0 Å². The van der Waals surface area contributed by atoms with Crippen LogP contribution in [0.2, 0.25) is 5.02 Å². The van der Waals surface area contributed by atoms with Crippen molar-refractivity contribution in [1.29, 1.82) is 0 Å². The molecule has 1 aliphatic heterocycles. The first-order chi connectivity index (χ1) is 13.7. The molecule has 1 aromatic heterocycles. The predicted octanol–water partition coefficient (Wildman–Crippen LogP) is 3.66. The average molecular weight is 394 g/mol. The van der Waals surface area contributed by atoms with E-state index in [1.807, 2.05) is 53.4 Å². The summed E-state index contributed by atoms with van der Waals surface area (Å²) in [6.07, 6.45) is 4.87. The molecule has 0 spiro atoms. The van der Waals surface area contributed by atoms with E-state index in [1.165, 1.54) is 0 Å². The van der Waals surface area contributed by atoms with Gasteiger partial charge in [-0.3, -0.25) is 9.78 Å². The first-order valence-corrected chi connectivity index (χ1v) is 9.49. The average Bonchev–Trinajstić information content (AvgIpc) is 2.74. The number of halogens is 1. The minimum atomic E-state index is 0.00125. The van der Waals surface area contributed by atoms with Gasteiger partial charge in [0.1, 0.15) is 5.82 Å². The van der Waals surface area contributed by atoms with Crippen LogP contribution in [-0.2, 0) is 0 Å². The summed E-state index contributed by atoms with van der Waals surface area (Å²) < 4.78 is 0. The zero-order valence-electron chi connectivity index (χ0n) is 15.2. The minimum absolute atomic E-state index is 0.00125. The van der Waals surface area contributed by atoms with Crippen LogP contribution < -0.4 is 10.6 Å². The van der Waals surface area contributed by atoms with Crippen molar-refractivity contribution in [2.45, 2.75) is 6.04 Å². The number of amides is 1. The zero-order chi connectivity index (χ0) is 19.3. The second-order valence-electron chi connectivity index (χ2n) is 6.58. The third-order valence-electron chi connectivity index (χ3n) is 4.69. The Balaban J connectivity index is 1.49. The Hall–Kier alpha value is -2.96. The van der Waals surface area contributed by atoms with Gasteiger partial charge < -0.3 is 15.5 Å². The van der Waals surface area contributed by atoms with Gasteiger partial charge in [-0.1, -0.05) is 35.9 Å². The highest BCUT2D eigenvalue weighted by Gasteiger charge is 2.26. The summed E-state index contributed by atoms with van der Waals surface area (Å²) in [7, 11) is 0. The van der Waals surface area contributed by atoms with E-state index in [-0.39, 0.29) is 11.9 Å². The van der Waals surface area contributed by atoms with Crippen LogP contribution in [0.5, 0.6) is 0 Å². The Bertz CT molecular complexity index is 966. The maximum Gasteiger partial charge on any atom is 0.254 e. The summed E-state index contributed by atoms with van der Waals surface area (Å²) in [6.45, 7) is 1.95. The van der Waals surface area contributed by atoms with Crippen LogP contribution in [-0.4, -0.2) is 40.4 Å². The highest BCUT2D eigenvalue weighted by molar-refractivity contribution is 6.31. The minimum Gasteiger partial charge on any atom is -0.339 e. The lowest BCUT2D eigenvalue weighted by Crippen LogP contribution is -2.48. The fraction of sp³-hybridized carbons (Fsp3) is 0.190. The number of rotatable bonds is 4. The van der Waals surface area contributed by atoms with Crippen molar-refractivity contribution in [3.05, 3.63) is 83.3 Å². The van der Waals surface area contributed by atoms with Crippen LogP contribution in [0.4, 0.5) is 11.5 Å². The number of nitrogens with one attached hydrogen (secondary N) is 2. The van der Waals surface area contributed by atoms with E-state index in [9.17, 15) is 4.79 Å². The lowest BCUT2D eigenvalue weighted by atomic mass is 10.0. The molecule has 1 fully saturated rings. The SMILES string of the molecule is O=C(c1cccc(Nc2cnccn2)c1)N1CCN[C@H](c2ccccc2Cl)C1. The molecule has 28 heavy (non-hydrogen) atoms. The van der Waals surface area contributed by atoms with Crippen LogP contribution in [0.1, 0.15) is 22.0 Å². The number of nitrogens with zero attached hydrogens (tertiary/aromatic N) is 3. The Morgan fingerprint density at radius 1 is 1.18 bits per heavy atom. The van der Waals surface area contributed by atoms with Crippen molar-refractivity contribution >= 4 is 29.0 Å². The molecule has 3 aromatic rings. The highest BCUT2D eigenvalue weighted by atomic mass is 35.5. The quantitative estimate of drug-likeness (QED) is 0.707. The van der Waals surface area contributed by atoms with Crippen LogP contribution in [0, 0.1) is 0 Å². The van der Waals surface area contributed by atoms with E-state index in [0.717, 1.165) is 17.8 Å². The molecular formula is C21H20ClN5O. The number of hydrogen-bond acceptors (Lipinski definition) is 5. The number of hydrogen-bond donors (Lipinski definition) is 2. The van der Waals surface area contributed by atoms with E-state index in [2.05, 4.69) is 20.6 Å². The number of piperazine rings is 1. The van der Waals surface area contributed by atoms with Gasteiger partial charge in [-0.25, -0.2) is 4.98 Å². The molecule has 0 unspecified atom stereocenters. The first-order valence-electron chi connectivity index (χ1n) is 9.11. The molecule has 1 saturated heterocycles. The third-order valence-corrected chi connectivity index (χ3v) is 5.03. The molecule has 0 aliphatic carbocycles. The molecule has 2 heterocycles. The lowest BCUT2D eigenvalue weighted by molar-refractivity contribution is 0.0703. The lowest BCUT2D eigenvalue weighted by Gasteiger charge is -2.34. The number of benzene rings is 2. The third kappa shape index (κ3) is 4.13. The number of carbonyl (C=O) groups is 1. The van der Waals surface area contributed by atoms with E-state index >= 15 is 0 Å². The molecular weight excluding hydrogens is 374 g/mol. The van der Waals surface area contributed by atoms with Crippen molar-refractivity contribution < 1.29 is 4.79 Å². The van der Waals surface area contributed by atoms with E-state index in [4.69, 9.17) is 11.6 Å². The van der Waals surface area contributed by atoms with Gasteiger partial charge in [-0.15, -0.1) is 0 Å². The van der Waals surface area contributed by atoms with Gasteiger partial charge in [0.05, 0.1) is 12.2 Å². The Kier molecular flexibility index (Phi) is 5.50. The first kappa shape index (κ1) is 18.4. The monoisotopic (exact) mass is 393 g/mol. The second kappa shape index (κ2) is 8.37. The molecule has 2 N–H and O–H groups in total. The fourth-order valence-electron chi connectivity index (χ4n) is 3.32.